The Balaban J connectivity index is 1.60. The molecule has 1 aromatic heterocycles. The zero-order chi connectivity index (χ0) is 22.9. The third-order valence-corrected chi connectivity index (χ3v) is 7.67. The Labute approximate surface area is 186 Å². The first-order valence-corrected chi connectivity index (χ1v) is 11.9. The number of hydrogen-bond acceptors (Lipinski definition) is 5. The van der Waals surface area contributed by atoms with Gasteiger partial charge in [0.1, 0.15) is 5.56 Å². The number of benzene rings is 2. The largest absolute Gasteiger partial charge is 0.360 e. The average Bonchev–Trinajstić information content (AvgIpc) is 2.79. The van der Waals surface area contributed by atoms with Crippen molar-refractivity contribution in [1.29, 1.82) is 0 Å². The molecule has 2 aromatic carbocycles. The topological polar surface area (TPSA) is 103 Å². The van der Waals surface area contributed by atoms with Crippen molar-refractivity contribution >= 4 is 26.8 Å². The molecule has 168 valence electrons. The van der Waals surface area contributed by atoms with Crippen molar-refractivity contribution < 1.29 is 13.2 Å². The molecule has 0 aliphatic carbocycles. The molecule has 1 aliphatic heterocycles. The summed E-state index contributed by atoms with van der Waals surface area (Å²) in [5, 5.41) is 2.92. The second kappa shape index (κ2) is 8.85. The van der Waals surface area contributed by atoms with Gasteiger partial charge in [-0.3, -0.25) is 9.59 Å². The van der Waals surface area contributed by atoms with Crippen LogP contribution in [0.2, 0.25) is 0 Å². The number of likely N-dealkylation sites (N-methyl/N-ethyl adjacent to an activating group) is 1. The summed E-state index contributed by atoms with van der Waals surface area (Å²) in [4.78, 5) is 30.7. The third-order valence-electron chi connectivity index (χ3n) is 5.77. The highest BCUT2D eigenvalue weighted by molar-refractivity contribution is 7.89. The molecule has 3 aromatic rings. The summed E-state index contributed by atoms with van der Waals surface area (Å²) in [5.74, 6) is -0.513. The molecule has 0 radical (unpaired) electrons. The van der Waals surface area contributed by atoms with Crippen molar-refractivity contribution in [1.82, 2.24) is 19.5 Å². The smallest absolute Gasteiger partial charge is 0.257 e. The number of sulfonamides is 1. The van der Waals surface area contributed by atoms with Gasteiger partial charge in [-0.05, 0) is 37.7 Å². The number of hydrogen-bond donors (Lipinski definition) is 2. The molecule has 1 fully saturated rings. The van der Waals surface area contributed by atoms with Gasteiger partial charge in [0, 0.05) is 49.8 Å². The van der Waals surface area contributed by atoms with E-state index in [4.69, 9.17) is 0 Å². The molecular formula is C23H26N4O4S. The molecule has 0 atom stereocenters. The maximum atomic E-state index is 13.1. The van der Waals surface area contributed by atoms with Crippen LogP contribution in [0.4, 0.5) is 0 Å². The molecule has 1 saturated heterocycles. The van der Waals surface area contributed by atoms with Gasteiger partial charge >= 0.3 is 0 Å². The number of aromatic nitrogens is 1. The fourth-order valence-corrected chi connectivity index (χ4v) is 5.14. The standard InChI is InChI=1S/C23H26N4O4S/c1-16-3-5-17(6-4-16)14-25-23(29)20-15-24-21-8-7-18(13-19(21)22(20)28)32(30,31)27-11-9-26(2)10-12-27/h3-8,13,15H,9-12,14H2,1-2H3,(H,24,28)(H,25,29). The number of rotatable bonds is 5. The SMILES string of the molecule is Cc1ccc(CNC(=O)c2c[nH]c3ccc(S(=O)(=O)N4CCN(C)CC4)cc3c2=O)cc1. The fourth-order valence-electron chi connectivity index (χ4n) is 3.69. The number of amides is 1. The Hall–Kier alpha value is -3.01. The molecule has 2 N–H and O–H groups in total. The van der Waals surface area contributed by atoms with E-state index in [9.17, 15) is 18.0 Å². The van der Waals surface area contributed by atoms with E-state index >= 15 is 0 Å². The van der Waals surface area contributed by atoms with Crippen molar-refractivity contribution in [3.63, 3.8) is 0 Å². The number of carbonyl (C=O) groups excluding carboxylic acids is 1. The van der Waals surface area contributed by atoms with E-state index in [1.54, 1.807) is 6.07 Å². The van der Waals surface area contributed by atoms with Crippen molar-refractivity contribution in [2.75, 3.05) is 33.2 Å². The minimum atomic E-state index is -3.72. The van der Waals surface area contributed by atoms with Crippen LogP contribution in [0, 0.1) is 6.92 Å². The van der Waals surface area contributed by atoms with Crippen LogP contribution in [0.1, 0.15) is 21.5 Å². The van der Waals surface area contributed by atoms with E-state index in [2.05, 4.69) is 15.2 Å². The van der Waals surface area contributed by atoms with Crippen LogP contribution in [0.15, 0.2) is 58.4 Å². The van der Waals surface area contributed by atoms with Crippen LogP contribution < -0.4 is 10.7 Å². The van der Waals surface area contributed by atoms with E-state index < -0.39 is 21.4 Å². The van der Waals surface area contributed by atoms with E-state index in [0.717, 1.165) is 11.1 Å². The lowest BCUT2D eigenvalue weighted by molar-refractivity contribution is 0.0949. The van der Waals surface area contributed by atoms with Gasteiger partial charge in [-0.25, -0.2) is 8.42 Å². The molecule has 0 spiro atoms. The summed E-state index contributed by atoms with van der Waals surface area (Å²) in [6.07, 6.45) is 1.36. The zero-order valence-corrected chi connectivity index (χ0v) is 18.9. The highest BCUT2D eigenvalue weighted by atomic mass is 32.2. The Morgan fingerprint density at radius 3 is 2.44 bits per heavy atom. The molecule has 8 nitrogen and oxygen atoms in total. The summed E-state index contributed by atoms with van der Waals surface area (Å²) in [7, 11) is -1.77. The zero-order valence-electron chi connectivity index (χ0n) is 18.1. The summed E-state index contributed by atoms with van der Waals surface area (Å²) in [6.45, 7) is 4.37. The van der Waals surface area contributed by atoms with E-state index in [1.807, 2.05) is 38.2 Å². The molecule has 1 amide bonds. The fraction of sp³-hybridized carbons (Fsp3) is 0.304. The van der Waals surface area contributed by atoms with Crippen LogP contribution in [-0.4, -0.2) is 61.7 Å². The Morgan fingerprint density at radius 1 is 1.06 bits per heavy atom. The molecule has 2 heterocycles. The van der Waals surface area contributed by atoms with Gasteiger partial charge < -0.3 is 15.2 Å². The van der Waals surface area contributed by atoms with Crippen LogP contribution >= 0.6 is 0 Å². The Kier molecular flexibility index (Phi) is 6.14. The van der Waals surface area contributed by atoms with E-state index in [0.29, 0.717) is 31.7 Å². The molecule has 32 heavy (non-hydrogen) atoms. The number of aromatic amines is 1. The summed E-state index contributed by atoms with van der Waals surface area (Å²) >= 11 is 0. The normalized spacial score (nSPS) is 15.7. The van der Waals surface area contributed by atoms with Crippen LogP contribution in [0.3, 0.4) is 0 Å². The van der Waals surface area contributed by atoms with Gasteiger partial charge in [-0.2, -0.15) is 4.31 Å². The van der Waals surface area contributed by atoms with Crippen LogP contribution in [0.5, 0.6) is 0 Å². The van der Waals surface area contributed by atoms with Gasteiger partial charge in [0.15, 0.2) is 0 Å². The minimum Gasteiger partial charge on any atom is -0.360 e. The maximum Gasteiger partial charge on any atom is 0.257 e. The highest BCUT2D eigenvalue weighted by Gasteiger charge is 2.28. The predicted molar refractivity (Wildman–Crippen MR) is 123 cm³/mol. The Morgan fingerprint density at radius 2 is 1.75 bits per heavy atom. The molecule has 9 heteroatoms. The van der Waals surface area contributed by atoms with Gasteiger partial charge in [-0.15, -0.1) is 0 Å². The van der Waals surface area contributed by atoms with Crippen molar-refractivity contribution in [3.8, 4) is 0 Å². The lowest BCUT2D eigenvalue weighted by atomic mass is 10.1. The van der Waals surface area contributed by atoms with E-state index in [-0.39, 0.29) is 22.4 Å². The lowest BCUT2D eigenvalue weighted by Crippen LogP contribution is -2.47. The number of nitrogens with zero attached hydrogens (tertiary/aromatic N) is 2. The van der Waals surface area contributed by atoms with E-state index in [1.165, 1.54) is 22.6 Å². The lowest BCUT2D eigenvalue weighted by Gasteiger charge is -2.31. The quantitative estimate of drug-likeness (QED) is 0.611. The number of piperazine rings is 1. The predicted octanol–water partition coefficient (Wildman–Crippen LogP) is 1.70. The summed E-state index contributed by atoms with van der Waals surface area (Å²) < 4.78 is 27.6. The molecule has 1 aliphatic rings. The molecule has 0 unspecified atom stereocenters. The third kappa shape index (κ3) is 4.45. The first-order valence-electron chi connectivity index (χ1n) is 10.4. The number of fused-ring (bicyclic) bond motifs is 1. The second-order valence-corrected chi connectivity index (χ2v) is 10.1. The number of pyridine rings is 1. The van der Waals surface area contributed by atoms with Crippen LogP contribution in [-0.2, 0) is 16.6 Å². The van der Waals surface area contributed by atoms with Gasteiger partial charge in [0.05, 0.1) is 4.90 Å². The van der Waals surface area contributed by atoms with Gasteiger partial charge in [-0.1, -0.05) is 29.8 Å². The molecule has 4 rings (SSSR count). The maximum absolute atomic E-state index is 13.1. The summed E-state index contributed by atoms with van der Waals surface area (Å²) in [5.41, 5.74) is 1.95. The molecule has 0 bridgehead atoms. The van der Waals surface area contributed by atoms with Crippen LogP contribution in [0.25, 0.3) is 10.9 Å². The average molecular weight is 455 g/mol. The Bertz CT molecular complexity index is 1310. The molecular weight excluding hydrogens is 428 g/mol. The van der Waals surface area contributed by atoms with Crippen molar-refractivity contribution in [2.24, 2.45) is 0 Å². The highest BCUT2D eigenvalue weighted by Crippen LogP contribution is 2.20. The monoisotopic (exact) mass is 454 g/mol. The van der Waals surface area contributed by atoms with Gasteiger partial charge in [0.2, 0.25) is 15.5 Å². The summed E-state index contributed by atoms with van der Waals surface area (Å²) in [6, 6.07) is 12.1. The first-order chi connectivity index (χ1) is 15.3. The van der Waals surface area contributed by atoms with Gasteiger partial charge in [0.25, 0.3) is 5.91 Å². The number of carbonyl (C=O) groups is 1. The first kappa shape index (κ1) is 22.2. The number of nitrogens with one attached hydrogen (secondary N) is 2. The number of H-pyrrole nitrogens is 1. The van der Waals surface area contributed by atoms with Crippen molar-refractivity contribution in [3.05, 3.63) is 75.6 Å². The molecule has 0 saturated carbocycles. The number of aryl methyl sites for hydroxylation is 1. The minimum absolute atomic E-state index is 0.0530. The second-order valence-electron chi connectivity index (χ2n) is 8.11. The van der Waals surface area contributed by atoms with Crippen molar-refractivity contribution in [2.45, 2.75) is 18.4 Å².